The number of aromatic nitrogens is 1. The van der Waals surface area contributed by atoms with E-state index in [0.29, 0.717) is 6.61 Å². The number of nitrogen functional groups attached to an aromatic ring is 1. The lowest BCUT2D eigenvalue weighted by molar-refractivity contribution is 0.302. The zero-order valence-electron chi connectivity index (χ0n) is 11.7. The van der Waals surface area contributed by atoms with Gasteiger partial charge in [-0.25, -0.2) is 4.98 Å². The van der Waals surface area contributed by atoms with E-state index in [4.69, 9.17) is 10.5 Å². The van der Waals surface area contributed by atoms with E-state index in [1.165, 1.54) is 5.56 Å². The second-order valence-corrected chi connectivity index (χ2v) is 5.73. The fourth-order valence-electron chi connectivity index (χ4n) is 1.92. The van der Waals surface area contributed by atoms with Crippen molar-refractivity contribution in [3.8, 4) is 16.3 Å². The Balaban J connectivity index is 1.67. The first-order valence-electron chi connectivity index (χ1n) is 6.70. The predicted octanol–water partition coefficient (Wildman–Crippen LogP) is 4.28. The molecule has 0 fully saturated rings. The smallest absolute Gasteiger partial charge is 0.131 e. The molecule has 0 amide bonds. The Labute approximate surface area is 128 Å². The lowest BCUT2D eigenvalue weighted by atomic mass is 10.2. The van der Waals surface area contributed by atoms with Crippen LogP contribution in [0.3, 0.4) is 0 Å². The maximum Gasteiger partial charge on any atom is 0.131 e. The van der Waals surface area contributed by atoms with E-state index >= 15 is 0 Å². The van der Waals surface area contributed by atoms with Crippen molar-refractivity contribution < 1.29 is 4.74 Å². The molecule has 4 heteroatoms. The van der Waals surface area contributed by atoms with Crippen molar-refractivity contribution in [3.63, 3.8) is 0 Å². The molecular formula is C17H16N2OS. The minimum atomic E-state index is 0.465. The van der Waals surface area contributed by atoms with Crippen LogP contribution in [-0.2, 0) is 6.61 Å². The van der Waals surface area contributed by atoms with Crippen LogP contribution in [0.5, 0.6) is 5.75 Å². The van der Waals surface area contributed by atoms with Crippen LogP contribution >= 0.6 is 11.3 Å². The Morgan fingerprint density at radius 2 is 1.76 bits per heavy atom. The maximum absolute atomic E-state index is 5.70. The van der Waals surface area contributed by atoms with E-state index in [-0.39, 0.29) is 0 Å². The number of benzene rings is 2. The molecule has 2 N–H and O–H groups in total. The number of nitrogens with two attached hydrogens (primary N) is 1. The van der Waals surface area contributed by atoms with Crippen molar-refractivity contribution in [1.82, 2.24) is 4.98 Å². The third-order valence-corrected chi connectivity index (χ3v) is 4.06. The number of rotatable bonds is 4. The van der Waals surface area contributed by atoms with Crippen molar-refractivity contribution in [2.24, 2.45) is 0 Å². The predicted molar refractivity (Wildman–Crippen MR) is 87.5 cm³/mol. The molecule has 0 aliphatic heterocycles. The first-order valence-corrected chi connectivity index (χ1v) is 7.58. The molecule has 1 heterocycles. The van der Waals surface area contributed by atoms with Crippen LogP contribution < -0.4 is 10.5 Å². The Kier molecular flexibility index (Phi) is 3.88. The van der Waals surface area contributed by atoms with Crippen LogP contribution in [0.15, 0.2) is 53.9 Å². The van der Waals surface area contributed by atoms with E-state index in [1.807, 2.05) is 29.6 Å². The third-order valence-electron chi connectivity index (χ3n) is 3.12. The quantitative estimate of drug-likeness (QED) is 0.731. The van der Waals surface area contributed by atoms with Crippen molar-refractivity contribution in [1.29, 1.82) is 0 Å². The van der Waals surface area contributed by atoms with Gasteiger partial charge in [0, 0.05) is 16.6 Å². The molecule has 3 aromatic rings. The van der Waals surface area contributed by atoms with Crippen LogP contribution in [0.25, 0.3) is 10.6 Å². The van der Waals surface area contributed by atoms with Crippen LogP contribution in [0.1, 0.15) is 11.3 Å². The monoisotopic (exact) mass is 296 g/mol. The fourth-order valence-corrected chi connectivity index (χ4v) is 2.73. The van der Waals surface area contributed by atoms with E-state index < -0.39 is 0 Å². The molecule has 0 atom stereocenters. The lowest BCUT2D eigenvalue weighted by Crippen LogP contribution is -1.96. The minimum Gasteiger partial charge on any atom is -0.487 e. The van der Waals surface area contributed by atoms with Gasteiger partial charge < -0.3 is 10.5 Å². The van der Waals surface area contributed by atoms with E-state index in [9.17, 15) is 0 Å². The highest BCUT2D eigenvalue weighted by Gasteiger charge is 2.05. The van der Waals surface area contributed by atoms with E-state index in [1.54, 1.807) is 11.3 Å². The van der Waals surface area contributed by atoms with Crippen LogP contribution in [0.4, 0.5) is 5.69 Å². The zero-order valence-corrected chi connectivity index (χ0v) is 12.6. The van der Waals surface area contributed by atoms with Crippen molar-refractivity contribution >= 4 is 17.0 Å². The Bertz CT molecular complexity index is 717. The molecule has 106 valence electrons. The second kappa shape index (κ2) is 5.97. The van der Waals surface area contributed by atoms with E-state index in [2.05, 4.69) is 36.2 Å². The topological polar surface area (TPSA) is 48.1 Å². The number of nitrogens with zero attached hydrogens (tertiary/aromatic N) is 1. The first-order chi connectivity index (χ1) is 10.2. The standard InChI is InChI=1S/C17H16N2OS/c1-12-2-4-13(5-3-12)17-19-15(11-21-17)10-20-16-8-6-14(18)7-9-16/h2-9,11H,10,18H2,1H3. The molecule has 21 heavy (non-hydrogen) atoms. The molecule has 0 saturated heterocycles. The maximum atomic E-state index is 5.70. The van der Waals surface area contributed by atoms with Gasteiger partial charge in [0.25, 0.3) is 0 Å². The number of thiazole rings is 1. The lowest BCUT2D eigenvalue weighted by Gasteiger charge is -2.04. The first kappa shape index (κ1) is 13.6. The number of hydrogen-bond acceptors (Lipinski definition) is 4. The normalized spacial score (nSPS) is 10.5. The van der Waals surface area contributed by atoms with Crippen LogP contribution in [0, 0.1) is 6.92 Å². The Morgan fingerprint density at radius 1 is 1.05 bits per heavy atom. The Hall–Kier alpha value is -2.33. The molecular weight excluding hydrogens is 280 g/mol. The summed E-state index contributed by atoms with van der Waals surface area (Å²) < 4.78 is 5.70. The van der Waals surface area contributed by atoms with Gasteiger partial charge in [-0.2, -0.15) is 0 Å². The van der Waals surface area contributed by atoms with Gasteiger partial charge in [-0.05, 0) is 31.2 Å². The molecule has 3 rings (SSSR count). The van der Waals surface area contributed by atoms with Gasteiger partial charge in [0.2, 0.25) is 0 Å². The summed E-state index contributed by atoms with van der Waals surface area (Å²) in [5.74, 6) is 0.800. The van der Waals surface area contributed by atoms with Crippen LogP contribution in [-0.4, -0.2) is 4.98 Å². The Morgan fingerprint density at radius 3 is 2.48 bits per heavy atom. The van der Waals surface area contributed by atoms with Crippen molar-refractivity contribution in [2.75, 3.05) is 5.73 Å². The summed E-state index contributed by atoms with van der Waals surface area (Å²) >= 11 is 1.63. The zero-order chi connectivity index (χ0) is 14.7. The molecule has 0 saturated carbocycles. The molecule has 0 unspecified atom stereocenters. The summed E-state index contributed by atoms with van der Waals surface area (Å²) in [6.07, 6.45) is 0. The average Bonchev–Trinajstić information content (AvgIpc) is 2.96. The summed E-state index contributed by atoms with van der Waals surface area (Å²) in [6.45, 7) is 2.55. The van der Waals surface area contributed by atoms with Crippen LogP contribution in [0.2, 0.25) is 0 Å². The molecule has 0 aliphatic rings. The third kappa shape index (κ3) is 3.41. The summed E-state index contributed by atoms with van der Waals surface area (Å²) in [4.78, 5) is 4.61. The van der Waals surface area contributed by atoms with Gasteiger partial charge in [0.15, 0.2) is 0 Å². The molecule has 3 nitrogen and oxygen atoms in total. The van der Waals surface area contributed by atoms with Gasteiger partial charge in [0.1, 0.15) is 17.4 Å². The molecule has 1 aromatic heterocycles. The van der Waals surface area contributed by atoms with Gasteiger partial charge >= 0.3 is 0 Å². The van der Waals surface area contributed by atoms with Crippen molar-refractivity contribution in [3.05, 3.63) is 65.2 Å². The average molecular weight is 296 g/mol. The number of hydrogen-bond donors (Lipinski definition) is 1. The van der Waals surface area contributed by atoms with E-state index in [0.717, 1.165) is 27.7 Å². The summed E-state index contributed by atoms with van der Waals surface area (Å²) in [5, 5.41) is 3.05. The fraction of sp³-hybridized carbons (Fsp3) is 0.118. The molecule has 2 aromatic carbocycles. The number of anilines is 1. The molecule has 0 aliphatic carbocycles. The van der Waals surface area contributed by atoms with Crippen molar-refractivity contribution in [2.45, 2.75) is 13.5 Å². The number of ether oxygens (including phenoxy) is 1. The highest BCUT2D eigenvalue weighted by atomic mass is 32.1. The molecule has 0 spiro atoms. The van der Waals surface area contributed by atoms with Gasteiger partial charge in [-0.3, -0.25) is 0 Å². The summed E-state index contributed by atoms with van der Waals surface area (Å²) in [7, 11) is 0. The highest BCUT2D eigenvalue weighted by Crippen LogP contribution is 2.24. The highest BCUT2D eigenvalue weighted by molar-refractivity contribution is 7.13. The largest absolute Gasteiger partial charge is 0.487 e. The van der Waals surface area contributed by atoms with Gasteiger partial charge in [-0.15, -0.1) is 11.3 Å². The molecule has 0 bridgehead atoms. The SMILES string of the molecule is Cc1ccc(-c2nc(COc3ccc(N)cc3)cs2)cc1. The number of aryl methyl sites for hydroxylation is 1. The minimum absolute atomic E-state index is 0.465. The van der Waals surface area contributed by atoms with Gasteiger partial charge in [0.05, 0.1) is 5.69 Å². The second-order valence-electron chi connectivity index (χ2n) is 4.87. The van der Waals surface area contributed by atoms with Gasteiger partial charge in [-0.1, -0.05) is 29.8 Å². The summed E-state index contributed by atoms with van der Waals surface area (Å²) in [5.41, 5.74) is 9.71. The molecule has 0 radical (unpaired) electrons. The summed E-state index contributed by atoms with van der Waals surface area (Å²) in [6, 6.07) is 15.8.